The van der Waals surface area contributed by atoms with E-state index in [9.17, 15) is 14.0 Å². The first-order valence-electron chi connectivity index (χ1n) is 11.3. The zero-order valence-electron chi connectivity index (χ0n) is 18.6. The number of rotatable bonds is 8. The van der Waals surface area contributed by atoms with E-state index in [0.717, 1.165) is 38.8 Å². The van der Waals surface area contributed by atoms with Crippen molar-refractivity contribution in [2.45, 2.75) is 58.9 Å². The number of nitrogens with zero attached hydrogens (tertiary/aromatic N) is 1. The van der Waals surface area contributed by atoms with E-state index in [-0.39, 0.29) is 24.2 Å². The fraction of sp³-hybridized carbons (Fsp3) is 0.462. The molecule has 0 aliphatic carbocycles. The molecule has 0 aromatic heterocycles. The van der Waals surface area contributed by atoms with Crippen molar-refractivity contribution in [1.82, 2.24) is 10.2 Å². The number of nitrogens with one attached hydrogen (secondary N) is 1. The SMILES string of the molecule is Cc1cc(C)cc(CCC(=O)N2CCC[C@H](CCC(=O)NCc3ccccc3F)C2)c1. The van der Waals surface area contributed by atoms with Gasteiger partial charge in [0.25, 0.3) is 0 Å². The van der Waals surface area contributed by atoms with Crippen LogP contribution in [0.25, 0.3) is 0 Å². The van der Waals surface area contributed by atoms with Crippen molar-refractivity contribution >= 4 is 11.8 Å². The minimum Gasteiger partial charge on any atom is -0.352 e. The number of hydrogen-bond acceptors (Lipinski definition) is 2. The fourth-order valence-electron chi connectivity index (χ4n) is 4.41. The molecule has 1 N–H and O–H groups in total. The molecule has 1 aliphatic heterocycles. The lowest BCUT2D eigenvalue weighted by molar-refractivity contribution is -0.133. The number of piperidine rings is 1. The summed E-state index contributed by atoms with van der Waals surface area (Å²) in [6.07, 6.45) is 4.48. The molecule has 2 aromatic rings. The van der Waals surface area contributed by atoms with Gasteiger partial charge >= 0.3 is 0 Å². The van der Waals surface area contributed by atoms with Gasteiger partial charge in [0.05, 0.1) is 0 Å². The normalized spacial score (nSPS) is 16.2. The predicted octanol–water partition coefficient (Wildman–Crippen LogP) is 4.71. The number of aryl methyl sites for hydroxylation is 3. The topological polar surface area (TPSA) is 49.4 Å². The maximum absolute atomic E-state index is 13.7. The molecule has 0 unspecified atom stereocenters. The fourth-order valence-corrected chi connectivity index (χ4v) is 4.41. The second-order valence-corrected chi connectivity index (χ2v) is 8.75. The van der Waals surface area contributed by atoms with Gasteiger partial charge in [-0.25, -0.2) is 4.39 Å². The summed E-state index contributed by atoms with van der Waals surface area (Å²) in [7, 11) is 0. The molecular weight excluding hydrogens is 391 g/mol. The van der Waals surface area contributed by atoms with Crippen molar-refractivity contribution in [2.75, 3.05) is 13.1 Å². The molecule has 0 spiro atoms. The number of benzene rings is 2. The van der Waals surface area contributed by atoms with Gasteiger partial charge in [0.15, 0.2) is 0 Å². The Morgan fingerprint density at radius 1 is 1.10 bits per heavy atom. The lowest BCUT2D eigenvalue weighted by Gasteiger charge is -2.33. The van der Waals surface area contributed by atoms with Gasteiger partial charge in [0.1, 0.15) is 5.82 Å². The molecule has 1 saturated heterocycles. The Morgan fingerprint density at radius 2 is 1.84 bits per heavy atom. The zero-order chi connectivity index (χ0) is 22.2. The van der Waals surface area contributed by atoms with Gasteiger partial charge in [-0.3, -0.25) is 9.59 Å². The molecule has 0 bridgehead atoms. The Bertz CT molecular complexity index is 892. The molecule has 4 nitrogen and oxygen atoms in total. The number of halogens is 1. The zero-order valence-corrected chi connectivity index (χ0v) is 18.6. The maximum atomic E-state index is 13.7. The number of likely N-dealkylation sites (tertiary alicyclic amines) is 1. The Kier molecular flexibility index (Phi) is 8.21. The standard InChI is InChI=1S/C26H33FN2O2/c1-19-14-20(2)16-22(15-19)10-12-26(31)29-13-5-6-21(18-29)9-11-25(30)28-17-23-7-3-4-8-24(23)27/h3-4,7-8,14-16,21H,5-6,9-13,17-18H2,1-2H3,(H,28,30)/t21-/m1/s1. The smallest absolute Gasteiger partial charge is 0.222 e. The largest absolute Gasteiger partial charge is 0.352 e. The average Bonchev–Trinajstić information content (AvgIpc) is 2.75. The van der Waals surface area contributed by atoms with E-state index in [1.165, 1.54) is 22.8 Å². The summed E-state index contributed by atoms with van der Waals surface area (Å²) < 4.78 is 13.7. The second-order valence-electron chi connectivity index (χ2n) is 8.75. The highest BCUT2D eigenvalue weighted by molar-refractivity contribution is 5.77. The van der Waals surface area contributed by atoms with E-state index in [2.05, 4.69) is 37.4 Å². The van der Waals surface area contributed by atoms with Crippen LogP contribution in [0.3, 0.4) is 0 Å². The highest BCUT2D eigenvalue weighted by Crippen LogP contribution is 2.22. The third-order valence-electron chi connectivity index (χ3n) is 5.99. The van der Waals surface area contributed by atoms with Crippen LogP contribution in [0, 0.1) is 25.6 Å². The van der Waals surface area contributed by atoms with Crippen LogP contribution in [-0.2, 0) is 22.6 Å². The minimum absolute atomic E-state index is 0.0680. The van der Waals surface area contributed by atoms with E-state index in [1.54, 1.807) is 18.2 Å². The molecule has 2 aromatic carbocycles. The number of carbonyl (C=O) groups is 2. The van der Waals surface area contributed by atoms with Gasteiger partial charge in [-0.05, 0) is 57.1 Å². The molecular formula is C26H33FN2O2. The average molecular weight is 425 g/mol. The number of carbonyl (C=O) groups excluding carboxylic acids is 2. The van der Waals surface area contributed by atoms with Crippen molar-refractivity contribution < 1.29 is 14.0 Å². The van der Waals surface area contributed by atoms with Gasteiger partial charge in [-0.15, -0.1) is 0 Å². The molecule has 1 aliphatic rings. The highest BCUT2D eigenvalue weighted by atomic mass is 19.1. The maximum Gasteiger partial charge on any atom is 0.222 e. The van der Waals surface area contributed by atoms with Gasteiger partial charge in [-0.1, -0.05) is 47.5 Å². The van der Waals surface area contributed by atoms with Crippen molar-refractivity contribution in [1.29, 1.82) is 0 Å². The Labute approximate surface area is 184 Å². The summed E-state index contributed by atoms with van der Waals surface area (Å²) in [5.41, 5.74) is 4.17. The molecule has 3 rings (SSSR count). The Balaban J connectivity index is 1.40. The van der Waals surface area contributed by atoms with E-state index in [1.807, 2.05) is 4.90 Å². The minimum atomic E-state index is -0.301. The molecule has 2 amide bonds. The lowest BCUT2D eigenvalue weighted by Crippen LogP contribution is -2.40. The Hall–Kier alpha value is -2.69. The van der Waals surface area contributed by atoms with Crippen molar-refractivity contribution in [3.05, 3.63) is 70.5 Å². The third kappa shape index (κ3) is 7.20. The molecule has 0 saturated carbocycles. The van der Waals surface area contributed by atoms with Crippen molar-refractivity contribution in [3.63, 3.8) is 0 Å². The third-order valence-corrected chi connectivity index (χ3v) is 5.99. The van der Waals surface area contributed by atoms with Gasteiger partial charge in [0.2, 0.25) is 11.8 Å². The van der Waals surface area contributed by atoms with Crippen LogP contribution in [0.15, 0.2) is 42.5 Å². The number of hydrogen-bond donors (Lipinski definition) is 1. The van der Waals surface area contributed by atoms with Gasteiger partial charge < -0.3 is 10.2 Å². The lowest BCUT2D eigenvalue weighted by atomic mass is 9.92. The van der Waals surface area contributed by atoms with Crippen molar-refractivity contribution in [3.8, 4) is 0 Å². The van der Waals surface area contributed by atoms with Crippen LogP contribution in [-0.4, -0.2) is 29.8 Å². The predicted molar refractivity (Wildman–Crippen MR) is 121 cm³/mol. The van der Waals surface area contributed by atoms with Gasteiger partial charge in [0, 0.05) is 38.0 Å². The van der Waals surface area contributed by atoms with E-state index in [0.29, 0.717) is 24.3 Å². The van der Waals surface area contributed by atoms with Crippen LogP contribution in [0.4, 0.5) is 4.39 Å². The molecule has 31 heavy (non-hydrogen) atoms. The van der Waals surface area contributed by atoms with Crippen LogP contribution >= 0.6 is 0 Å². The molecule has 1 heterocycles. The Morgan fingerprint density at radius 3 is 2.58 bits per heavy atom. The quantitative estimate of drug-likeness (QED) is 0.667. The summed E-state index contributed by atoms with van der Waals surface area (Å²) in [6.45, 7) is 5.91. The monoisotopic (exact) mass is 424 g/mol. The van der Waals surface area contributed by atoms with Crippen LogP contribution in [0.5, 0.6) is 0 Å². The van der Waals surface area contributed by atoms with Crippen LogP contribution in [0.1, 0.15) is 54.4 Å². The first-order chi connectivity index (χ1) is 14.9. The first kappa shape index (κ1) is 23.0. The summed E-state index contributed by atoms with van der Waals surface area (Å²) in [6, 6.07) is 12.9. The van der Waals surface area contributed by atoms with Crippen LogP contribution < -0.4 is 5.32 Å². The number of amides is 2. The first-order valence-corrected chi connectivity index (χ1v) is 11.3. The molecule has 0 radical (unpaired) electrons. The summed E-state index contributed by atoms with van der Waals surface area (Å²) in [5, 5.41) is 2.80. The summed E-state index contributed by atoms with van der Waals surface area (Å²) in [5.74, 6) is 0.178. The molecule has 1 atom stereocenters. The second kappa shape index (κ2) is 11.1. The van der Waals surface area contributed by atoms with Gasteiger partial charge in [-0.2, -0.15) is 0 Å². The van der Waals surface area contributed by atoms with E-state index >= 15 is 0 Å². The van der Waals surface area contributed by atoms with Crippen molar-refractivity contribution in [2.24, 2.45) is 5.92 Å². The van der Waals surface area contributed by atoms with Crippen LogP contribution in [0.2, 0.25) is 0 Å². The highest BCUT2D eigenvalue weighted by Gasteiger charge is 2.24. The van der Waals surface area contributed by atoms with E-state index < -0.39 is 0 Å². The van der Waals surface area contributed by atoms with E-state index in [4.69, 9.17) is 0 Å². The summed E-state index contributed by atoms with van der Waals surface area (Å²) in [4.78, 5) is 26.9. The molecule has 166 valence electrons. The summed E-state index contributed by atoms with van der Waals surface area (Å²) >= 11 is 0. The molecule has 1 fully saturated rings. The molecule has 5 heteroatoms.